The van der Waals surface area contributed by atoms with Crippen molar-refractivity contribution in [2.75, 3.05) is 23.8 Å². The quantitative estimate of drug-likeness (QED) is 0.364. The summed E-state index contributed by atoms with van der Waals surface area (Å²) in [5, 5.41) is 9.18. The average molecular weight is 494 g/mol. The molecule has 3 heterocycles. The molecule has 4 atom stereocenters. The topological polar surface area (TPSA) is 97.4 Å². The van der Waals surface area contributed by atoms with Crippen LogP contribution in [0.1, 0.15) is 0 Å². The highest BCUT2D eigenvalue weighted by Gasteiger charge is 2.48. The molecule has 4 aromatic rings. The maximum atomic E-state index is 12.4. The minimum Gasteiger partial charge on any atom is -0.371 e. The molecule has 8 nitrogen and oxygen atoms in total. The highest BCUT2D eigenvalue weighted by Crippen LogP contribution is 2.29. The normalized spacial score (nSPS) is 22.3. The van der Waals surface area contributed by atoms with Crippen LogP contribution in [0.15, 0.2) is 97.2 Å². The molecule has 2 saturated heterocycles. The van der Waals surface area contributed by atoms with Crippen molar-refractivity contribution in [2.24, 2.45) is 0 Å². The Hall–Kier alpha value is -4.27. The summed E-state index contributed by atoms with van der Waals surface area (Å²) in [6.45, 7) is 0.817. The van der Waals surface area contributed by atoms with Crippen LogP contribution in [-0.2, 0) is 9.47 Å². The number of amides is 2. The lowest BCUT2D eigenvalue weighted by atomic mass is 10.0. The number of hydrogen-bond acceptors (Lipinski definition) is 6. The molecule has 2 aliphatic rings. The molecule has 2 fully saturated rings. The second kappa shape index (κ2) is 10.4. The van der Waals surface area contributed by atoms with Crippen LogP contribution in [0.4, 0.5) is 16.4 Å². The van der Waals surface area contributed by atoms with Gasteiger partial charge in [0, 0.05) is 17.4 Å². The van der Waals surface area contributed by atoms with Crippen molar-refractivity contribution in [1.29, 1.82) is 0 Å². The number of nitrogens with one attached hydrogen (secondary N) is 3. The van der Waals surface area contributed by atoms with Gasteiger partial charge in [0.2, 0.25) is 5.95 Å². The summed E-state index contributed by atoms with van der Waals surface area (Å²) in [6.07, 6.45) is 1.30. The number of rotatable bonds is 6. The largest absolute Gasteiger partial charge is 0.371 e. The molecule has 0 radical (unpaired) electrons. The van der Waals surface area contributed by atoms with Gasteiger partial charge in [-0.2, -0.15) is 0 Å². The first-order valence-electron chi connectivity index (χ1n) is 12.3. The van der Waals surface area contributed by atoms with Gasteiger partial charge in [-0.1, -0.05) is 72.8 Å². The lowest BCUT2D eigenvalue weighted by Gasteiger charge is -2.18. The molecule has 3 aromatic carbocycles. The molecule has 0 bridgehead atoms. The molecule has 2 aliphatic heterocycles. The van der Waals surface area contributed by atoms with Crippen LogP contribution in [0.2, 0.25) is 0 Å². The molecule has 0 aliphatic carbocycles. The molecule has 3 N–H and O–H groups in total. The van der Waals surface area contributed by atoms with E-state index < -0.39 is 0 Å². The van der Waals surface area contributed by atoms with Gasteiger partial charge in [0.25, 0.3) is 0 Å². The lowest BCUT2D eigenvalue weighted by molar-refractivity contribution is 0.0683. The summed E-state index contributed by atoms with van der Waals surface area (Å²) in [7, 11) is 0. The first-order chi connectivity index (χ1) is 18.2. The number of ether oxygens (including phenoxy) is 2. The lowest BCUT2D eigenvalue weighted by Crippen LogP contribution is -2.46. The highest BCUT2D eigenvalue weighted by atomic mass is 16.6. The van der Waals surface area contributed by atoms with E-state index in [1.54, 1.807) is 6.20 Å². The van der Waals surface area contributed by atoms with Gasteiger partial charge in [-0.25, -0.2) is 14.8 Å². The minimum atomic E-state index is -0.283. The second-order valence-corrected chi connectivity index (χ2v) is 9.13. The Morgan fingerprint density at radius 1 is 0.730 bits per heavy atom. The number of benzene rings is 3. The van der Waals surface area contributed by atoms with E-state index in [-0.39, 0.29) is 30.3 Å². The number of anilines is 2. The number of nitrogens with zero attached hydrogens (tertiary/aromatic N) is 2. The van der Waals surface area contributed by atoms with Gasteiger partial charge in [-0.05, 0) is 29.3 Å². The third kappa shape index (κ3) is 5.16. The monoisotopic (exact) mass is 493 g/mol. The molecule has 186 valence electrons. The van der Waals surface area contributed by atoms with Crippen molar-refractivity contribution < 1.29 is 14.3 Å². The number of urea groups is 1. The molecule has 0 saturated carbocycles. The van der Waals surface area contributed by atoms with Crippen LogP contribution in [0.3, 0.4) is 0 Å². The summed E-state index contributed by atoms with van der Waals surface area (Å²) in [5.74, 6) is 0.515. The fourth-order valence-electron chi connectivity index (χ4n) is 4.82. The van der Waals surface area contributed by atoms with Crippen LogP contribution in [0.25, 0.3) is 22.4 Å². The number of carbonyl (C=O) groups excluding carboxylic acids is 1. The fourth-order valence-corrected chi connectivity index (χ4v) is 4.82. The van der Waals surface area contributed by atoms with Gasteiger partial charge in [-0.15, -0.1) is 0 Å². The maximum absolute atomic E-state index is 12.4. The number of carbonyl (C=O) groups is 1. The van der Waals surface area contributed by atoms with E-state index >= 15 is 0 Å². The molecule has 37 heavy (non-hydrogen) atoms. The first kappa shape index (κ1) is 23.1. The Kier molecular flexibility index (Phi) is 6.49. The molecular weight excluding hydrogens is 466 g/mol. The van der Waals surface area contributed by atoms with E-state index in [4.69, 9.17) is 14.5 Å². The molecule has 6 rings (SSSR count). The second-order valence-electron chi connectivity index (χ2n) is 9.13. The van der Waals surface area contributed by atoms with Crippen molar-refractivity contribution in [1.82, 2.24) is 15.3 Å². The summed E-state index contributed by atoms with van der Waals surface area (Å²) in [5.41, 5.74) is 4.91. The van der Waals surface area contributed by atoms with Crippen molar-refractivity contribution in [3.8, 4) is 22.4 Å². The zero-order chi connectivity index (χ0) is 25.0. The van der Waals surface area contributed by atoms with Crippen LogP contribution in [0.5, 0.6) is 0 Å². The number of fused-ring (bicyclic) bond motifs is 1. The standard InChI is InChI=1S/C29H27N5O3/c35-29(31-22-9-5-2-6-10-22)34-25-18-37-26-24(17-36-27(25)26)33-28-30-16-15-23(32-28)21-13-11-20(12-14-21)19-7-3-1-4-8-19/h1-16,24-27H,17-18H2,(H,30,32,33)(H2,31,34,35). The third-order valence-electron chi connectivity index (χ3n) is 6.66. The summed E-state index contributed by atoms with van der Waals surface area (Å²) >= 11 is 0. The van der Waals surface area contributed by atoms with Crippen molar-refractivity contribution in [3.63, 3.8) is 0 Å². The van der Waals surface area contributed by atoms with Gasteiger partial charge in [0.15, 0.2) is 0 Å². The number of aromatic nitrogens is 2. The van der Waals surface area contributed by atoms with Gasteiger partial charge in [0.05, 0.1) is 31.0 Å². The highest BCUT2D eigenvalue weighted by molar-refractivity contribution is 5.89. The Morgan fingerprint density at radius 3 is 2.11 bits per heavy atom. The first-order valence-corrected chi connectivity index (χ1v) is 12.3. The van der Waals surface area contributed by atoms with Crippen LogP contribution < -0.4 is 16.0 Å². The Labute approximate surface area is 215 Å². The molecule has 2 amide bonds. The Balaban J connectivity index is 1.08. The van der Waals surface area contributed by atoms with E-state index in [9.17, 15) is 4.79 Å². The van der Waals surface area contributed by atoms with E-state index in [0.29, 0.717) is 19.2 Å². The Bertz CT molecular complexity index is 1350. The smallest absolute Gasteiger partial charge is 0.319 e. The van der Waals surface area contributed by atoms with Gasteiger partial charge >= 0.3 is 6.03 Å². The van der Waals surface area contributed by atoms with Gasteiger partial charge in [-0.3, -0.25) is 0 Å². The zero-order valence-corrected chi connectivity index (χ0v) is 20.1. The van der Waals surface area contributed by atoms with E-state index in [1.165, 1.54) is 5.56 Å². The zero-order valence-electron chi connectivity index (χ0n) is 20.1. The predicted molar refractivity (Wildman–Crippen MR) is 142 cm³/mol. The molecule has 0 spiro atoms. The minimum absolute atomic E-state index is 0.121. The SMILES string of the molecule is O=C(Nc1ccccc1)NC1COC2C(Nc3nccc(-c4ccc(-c5ccccc5)cc4)n3)COC12. The summed E-state index contributed by atoms with van der Waals surface area (Å²) < 4.78 is 12.0. The van der Waals surface area contributed by atoms with Crippen LogP contribution in [0, 0.1) is 0 Å². The Morgan fingerprint density at radius 2 is 1.35 bits per heavy atom. The van der Waals surface area contributed by atoms with Gasteiger partial charge in [0.1, 0.15) is 12.2 Å². The van der Waals surface area contributed by atoms with Crippen molar-refractivity contribution >= 4 is 17.7 Å². The number of para-hydroxylation sites is 1. The average Bonchev–Trinajstić information content (AvgIpc) is 3.53. The van der Waals surface area contributed by atoms with Crippen LogP contribution >= 0.6 is 0 Å². The van der Waals surface area contributed by atoms with Crippen molar-refractivity contribution in [2.45, 2.75) is 24.3 Å². The van der Waals surface area contributed by atoms with Crippen molar-refractivity contribution in [3.05, 3.63) is 97.2 Å². The summed E-state index contributed by atoms with van der Waals surface area (Å²) in [4.78, 5) is 21.6. The molecule has 1 aromatic heterocycles. The molecular formula is C29H27N5O3. The third-order valence-corrected chi connectivity index (χ3v) is 6.66. The van der Waals surface area contributed by atoms with Crippen LogP contribution in [-0.4, -0.2) is 53.5 Å². The van der Waals surface area contributed by atoms with E-state index in [0.717, 1.165) is 22.5 Å². The van der Waals surface area contributed by atoms with Gasteiger partial charge < -0.3 is 25.4 Å². The van der Waals surface area contributed by atoms with E-state index in [2.05, 4.69) is 57.3 Å². The molecule has 8 heteroatoms. The fraction of sp³-hybridized carbons (Fsp3) is 0.207. The summed E-state index contributed by atoms with van der Waals surface area (Å²) in [6, 6.07) is 29.2. The predicted octanol–water partition coefficient (Wildman–Crippen LogP) is 4.58. The molecule has 4 unspecified atom stereocenters. The maximum Gasteiger partial charge on any atom is 0.319 e. The van der Waals surface area contributed by atoms with E-state index in [1.807, 2.05) is 54.6 Å². The number of hydrogen-bond donors (Lipinski definition) is 3.